The summed E-state index contributed by atoms with van der Waals surface area (Å²) in [5, 5.41) is 10.3. The number of thioether (sulfide) groups is 1. The Morgan fingerprint density at radius 2 is 2.13 bits per heavy atom. The molecule has 0 spiro atoms. The maximum Gasteiger partial charge on any atom is 0.280 e. The molecular weight excluding hydrogens is 454 g/mol. The lowest BCUT2D eigenvalue weighted by molar-refractivity contribution is -0.113. The van der Waals surface area contributed by atoms with Crippen molar-refractivity contribution in [2.24, 2.45) is 0 Å². The Balaban J connectivity index is 1.66. The van der Waals surface area contributed by atoms with E-state index in [-0.39, 0.29) is 17.2 Å². The summed E-state index contributed by atoms with van der Waals surface area (Å²) in [5.41, 5.74) is 2.23. The minimum atomic E-state index is -0.203. The highest BCUT2D eigenvalue weighted by Gasteiger charge is 2.19. The fourth-order valence-corrected chi connectivity index (χ4v) is 4.89. The zero-order valence-electron chi connectivity index (χ0n) is 17.0. The second-order valence-corrected chi connectivity index (χ2v) is 9.22. The molecular formula is C21H20ClN5O2S2. The normalized spacial score (nSPS) is 11.2. The van der Waals surface area contributed by atoms with Crippen molar-refractivity contribution < 1.29 is 4.79 Å². The van der Waals surface area contributed by atoms with Gasteiger partial charge in [0, 0.05) is 22.1 Å². The van der Waals surface area contributed by atoms with Crippen LogP contribution in [0.3, 0.4) is 0 Å². The van der Waals surface area contributed by atoms with Gasteiger partial charge in [0.25, 0.3) is 5.56 Å². The highest BCUT2D eigenvalue weighted by Crippen LogP contribution is 2.22. The van der Waals surface area contributed by atoms with Crippen molar-refractivity contribution in [2.45, 2.75) is 32.1 Å². The Hall–Kier alpha value is -2.62. The van der Waals surface area contributed by atoms with Crippen LogP contribution in [0.25, 0.3) is 11.0 Å². The number of carbonyl (C=O) groups is 1. The minimum absolute atomic E-state index is 0.107. The van der Waals surface area contributed by atoms with E-state index in [2.05, 4.69) is 10.4 Å². The summed E-state index contributed by atoms with van der Waals surface area (Å²) in [4.78, 5) is 31.6. The second-order valence-electron chi connectivity index (χ2n) is 6.81. The van der Waals surface area contributed by atoms with Crippen LogP contribution >= 0.6 is 34.7 Å². The molecule has 31 heavy (non-hydrogen) atoms. The van der Waals surface area contributed by atoms with Crippen LogP contribution in [0.2, 0.25) is 5.02 Å². The minimum Gasteiger partial charge on any atom is -0.325 e. The van der Waals surface area contributed by atoms with Crippen molar-refractivity contribution >= 4 is 57.3 Å². The summed E-state index contributed by atoms with van der Waals surface area (Å²) >= 11 is 8.78. The van der Waals surface area contributed by atoms with Gasteiger partial charge in [-0.25, -0.2) is 4.98 Å². The molecule has 1 N–H and O–H groups in total. The molecule has 1 amide bonds. The number of fused-ring (bicyclic) bond motifs is 1. The lowest BCUT2D eigenvalue weighted by Crippen LogP contribution is -2.26. The van der Waals surface area contributed by atoms with Gasteiger partial charge < -0.3 is 5.32 Å². The van der Waals surface area contributed by atoms with Gasteiger partial charge in [0.1, 0.15) is 5.52 Å². The number of amides is 1. The molecule has 0 atom stereocenters. The number of rotatable bonds is 7. The van der Waals surface area contributed by atoms with Gasteiger partial charge >= 0.3 is 0 Å². The van der Waals surface area contributed by atoms with Gasteiger partial charge in [0.2, 0.25) is 5.91 Å². The summed E-state index contributed by atoms with van der Waals surface area (Å²) in [6.07, 6.45) is 0. The van der Waals surface area contributed by atoms with E-state index in [1.54, 1.807) is 44.9 Å². The van der Waals surface area contributed by atoms with Crippen LogP contribution in [-0.2, 0) is 17.9 Å². The van der Waals surface area contributed by atoms with Gasteiger partial charge in [-0.2, -0.15) is 5.10 Å². The first-order chi connectivity index (χ1) is 15.0. The third-order valence-electron chi connectivity index (χ3n) is 4.62. The van der Waals surface area contributed by atoms with Crippen molar-refractivity contribution in [3.8, 4) is 0 Å². The van der Waals surface area contributed by atoms with Crippen LogP contribution in [0.15, 0.2) is 51.7 Å². The molecule has 4 aromatic rings. The van der Waals surface area contributed by atoms with E-state index in [1.807, 2.05) is 31.4 Å². The number of benzene rings is 1. The first kappa shape index (κ1) is 21.6. The predicted octanol–water partition coefficient (Wildman–Crippen LogP) is 4.42. The number of aryl methyl sites for hydroxylation is 2. The molecule has 0 aliphatic carbocycles. The molecule has 0 bridgehead atoms. The van der Waals surface area contributed by atoms with Crippen LogP contribution in [0.5, 0.6) is 0 Å². The summed E-state index contributed by atoms with van der Waals surface area (Å²) in [5.74, 6) is -0.0965. The lowest BCUT2D eigenvalue weighted by Gasteiger charge is -2.12. The van der Waals surface area contributed by atoms with E-state index in [9.17, 15) is 9.59 Å². The molecule has 0 saturated carbocycles. The Morgan fingerprint density at radius 3 is 2.84 bits per heavy atom. The van der Waals surface area contributed by atoms with Gasteiger partial charge in [-0.05, 0) is 43.5 Å². The van der Waals surface area contributed by atoms with Crippen LogP contribution in [0, 0.1) is 6.92 Å². The zero-order valence-corrected chi connectivity index (χ0v) is 19.4. The highest BCUT2D eigenvalue weighted by atomic mass is 35.5. The van der Waals surface area contributed by atoms with Crippen molar-refractivity contribution in [2.75, 3.05) is 11.1 Å². The SMILES string of the molecule is CCn1nc(C)c2nc(SCC(=O)Nc3cccc(Cl)c3)n(Cc3cccs3)c(=O)c21. The summed E-state index contributed by atoms with van der Waals surface area (Å²) in [6, 6.07) is 10.9. The molecule has 0 aliphatic rings. The first-order valence-corrected chi connectivity index (χ1v) is 11.9. The fourth-order valence-electron chi connectivity index (χ4n) is 3.22. The van der Waals surface area contributed by atoms with E-state index in [0.29, 0.717) is 45.7 Å². The van der Waals surface area contributed by atoms with Gasteiger partial charge in [-0.3, -0.25) is 18.8 Å². The van der Waals surface area contributed by atoms with Gasteiger partial charge in [0.15, 0.2) is 10.7 Å². The number of nitrogens with one attached hydrogen (secondary N) is 1. The van der Waals surface area contributed by atoms with Crippen molar-refractivity contribution in [3.05, 3.63) is 67.7 Å². The van der Waals surface area contributed by atoms with Crippen molar-refractivity contribution in [3.63, 3.8) is 0 Å². The number of thiophene rings is 1. The molecule has 3 heterocycles. The van der Waals surface area contributed by atoms with E-state index in [4.69, 9.17) is 16.6 Å². The van der Waals surface area contributed by atoms with Crippen molar-refractivity contribution in [1.82, 2.24) is 19.3 Å². The molecule has 0 fully saturated rings. The molecule has 4 rings (SSSR count). The van der Waals surface area contributed by atoms with E-state index in [1.165, 1.54) is 11.8 Å². The van der Waals surface area contributed by atoms with Crippen LogP contribution < -0.4 is 10.9 Å². The average molecular weight is 474 g/mol. The predicted molar refractivity (Wildman–Crippen MR) is 126 cm³/mol. The Bertz CT molecular complexity index is 1300. The largest absolute Gasteiger partial charge is 0.325 e. The van der Waals surface area contributed by atoms with Crippen LogP contribution in [-0.4, -0.2) is 31.0 Å². The quantitative estimate of drug-likeness (QED) is 0.317. The molecule has 0 unspecified atom stereocenters. The second kappa shape index (κ2) is 9.25. The maximum absolute atomic E-state index is 13.4. The van der Waals surface area contributed by atoms with Gasteiger partial charge in [0.05, 0.1) is 18.0 Å². The molecule has 0 aliphatic heterocycles. The highest BCUT2D eigenvalue weighted by molar-refractivity contribution is 7.99. The Labute approximate surface area is 192 Å². The summed E-state index contributed by atoms with van der Waals surface area (Å²) in [6.45, 7) is 4.75. The molecule has 160 valence electrons. The molecule has 0 saturated heterocycles. The smallest absolute Gasteiger partial charge is 0.280 e. The van der Waals surface area contributed by atoms with Gasteiger partial charge in [-0.15, -0.1) is 11.3 Å². The molecule has 0 radical (unpaired) electrons. The number of halogens is 1. The number of hydrogen-bond donors (Lipinski definition) is 1. The third kappa shape index (κ3) is 4.68. The monoisotopic (exact) mass is 473 g/mol. The Kier molecular flexibility index (Phi) is 6.45. The van der Waals surface area contributed by atoms with Crippen molar-refractivity contribution in [1.29, 1.82) is 0 Å². The number of hydrogen-bond acceptors (Lipinski definition) is 6. The number of aromatic nitrogens is 4. The third-order valence-corrected chi connectivity index (χ3v) is 6.69. The molecule has 1 aromatic carbocycles. The number of carbonyl (C=O) groups excluding carboxylic acids is 1. The fraction of sp³-hybridized carbons (Fsp3) is 0.238. The average Bonchev–Trinajstić information content (AvgIpc) is 3.36. The number of anilines is 1. The lowest BCUT2D eigenvalue weighted by atomic mass is 10.3. The Morgan fingerprint density at radius 1 is 1.29 bits per heavy atom. The van der Waals surface area contributed by atoms with Crippen LogP contribution in [0.1, 0.15) is 17.5 Å². The maximum atomic E-state index is 13.4. The summed E-state index contributed by atoms with van der Waals surface area (Å²) in [7, 11) is 0. The molecule has 7 nitrogen and oxygen atoms in total. The van der Waals surface area contributed by atoms with E-state index in [0.717, 1.165) is 4.88 Å². The van der Waals surface area contributed by atoms with E-state index >= 15 is 0 Å². The van der Waals surface area contributed by atoms with E-state index < -0.39 is 0 Å². The number of nitrogens with zero attached hydrogens (tertiary/aromatic N) is 4. The summed E-state index contributed by atoms with van der Waals surface area (Å²) < 4.78 is 3.31. The van der Waals surface area contributed by atoms with Crippen LogP contribution in [0.4, 0.5) is 5.69 Å². The molecule has 3 aromatic heterocycles. The zero-order chi connectivity index (χ0) is 22.0. The van der Waals surface area contributed by atoms with Gasteiger partial charge in [-0.1, -0.05) is 35.5 Å². The molecule has 10 heteroatoms. The topological polar surface area (TPSA) is 81.8 Å². The standard InChI is InChI=1S/C21H20ClN5O2S2/c1-3-27-19-18(13(2)25-27)24-21(26(20(19)29)11-16-8-5-9-30-16)31-12-17(28)23-15-7-4-6-14(22)10-15/h4-10H,3,11-12H2,1-2H3,(H,23,28). The first-order valence-electron chi connectivity index (χ1n) is 9.64.